The third-order valence-electron chi connectivity index (χ3n) is 3.18. The Hall–Kier alpha value is -0.870. The summed E-state index contributed by atoms with van der Waals surface area (Å²) >= 11 is 3.37. The summed E-state index contributed by atoms with van der Waals surface area (Å²) in [5, 5.41) is 0. The first-order valence-electron chi connectivity index (χ1n) is 6.32. The van der Waals surface area contributed by atoms with Crippen molar-refractivity contribution in [3.63, 3.8) is 0 Å². The number of halogens is 1. The molecule has 1 aliphatic rings. The molecule has 0 bridgehead atoms. The van der Waals surface area contributed by atoms with Gasteiger partial charge in [-0.3, -0.25) is 9.69 Å². The average Bonchev–Trinajstić information content (AvgIpc) is 2.84. The van der Waals surface area contributed by atoms with Crippen molar-refractivity contribution in [1.82, 2.24) is 4.90 Å². The van der Waals surface area contributed by atoms with E-state index in [1.165, 1.54) is 25.9 Å². The molecular formula is C14H18BrNO2. The number of benzene rings is 1. The van der Waals surface area contributed by atoms with Crippen molar-refractivity contribution in [2.45, 2.75) is 19.8 Å². The zero-order valence-corrected chi connectivity index (χ0v) is 12.2. The minimum absolute atomic E-state index is 0.0347. The van der Waals surface area contributed by atoms with Gasteiger partial charge in [-0.25, -0.2) is 0 Å². The summed E-state index contributed by atoms with van der Waals surface area (Å²) in [6.45, 7) is 5.48. The van der Waals surface area contributed by atoms with Gasteiger partial charge in [0, 0.05) is 11.0 Å². The molecule has 0 atom stereocenters. The number of carbonyl (C=O) groups excluding carboxylic acids is 1. The van der Waals surface area contributed by atoms with Gasteiger partial charge in [0.25, 0.3) is 0 Å². The fourth-order valence-electron chi connectivity index (χ4n) is 2.19. The second-order valence-electron chi connectivity index (χ2n) is 4.59. The Balaban J connectivity index is 1.93. The number of nitrogens with zero attached hydrogens (tertiary/aromatic N) is 1. The van der Waals surface area contributed by atoms with Gasteiger partial charge >= 0.3 is 0 Å². The number of carbonyl (C=O) groups is 1. The molecule has 98 valence electrons. The van der Waals surface area contributed by atoms with Crippen molar-refractivity contribution < 1.29 is 9.53 Å². The number of ether oxygens (including phenoxy) is 1. The number of Topliss-reactive ketones (excluding diaryl/α,β-unsaturated/α-hetero) is 1. The second-order valence-corrected chi connectivity index (χ2v) is 5.51. The first-order valence-corrected chi connectivity index (χ1v) is 7.12. The van der Waals surface area contributed by atoms with E-state index < -0.39 is 0 Å². The van der Waals surface area contributed by atoms with Crippen molar-refractivity contribution >= 4 is 21.7 Å². The SMILES string of the molecule is CC(=O)c1cc(Br)ccc1OCCN1CCCC1. The first-order chi connectivity index (χ1) is 8.66. The summed E-state index contributed by atoms with van der Waals surface area (Å²) < 4.78 is 6.63. The molecule has 0 unspecified atom stereocenters. The Bertz CT molecular complexity index is 428. The third-order valence-corrected chi connectivity index (χ3v) is 3.68. The zero-order valence-electron chi connectivity index (χ0n) is 10.6. The molecule has 3 nitrogen and oxygen atoms in total. The van der Waals surface area contributed by atoms with Crippen LogP contribution in [0.2, 0.25) is 0 Å². The summed E-state index contributed by atoms with van der Waals surface area (Å²) in [5.41, 5.74) is 0.644. The van der Waals surface area contributed by atoms with Crippen molar-refractivity contribution in [3.8, 4) is 5.75 Å². The van der Waals surface area contributed by atoms with Gasteiger partial charge in [-0.2, -0.15) is 0 Å². The third kappa shape index (κ3) is 3.56. The van der Waals surface area contributed by atoms with Crippen LogP contribution in [0.5, 0.6) is 5.75 Å². The van der Waals surface area contributed by atoms with Crippen molar-refractivity contribution in [3.05, 3.63) is 28.2 Å². The van der Waals surface area contributed by atoms with Crippen LogP contribution in [-0.4, -0.2) is 36.9 Å². The summed E-state index contributed by atoms with van der Waals surface area (Å²) in [4.78, 5) is 13.9. The van der Waals surface area contributed by atoms with E-state index in [2.05, 4.69) is 20.8 Å². The van der Waals surface area contributed by atoms with Crippen LogP contribution >= 0.6 is 15.9 Å². The lowest BCUT2D eigenvalue weighted by Gasteiger charge is -2.16. The average molecular weight is 312 g/mol. The molecule has 0 aromatic heterocycles. The van der Waals surface area contributed by atoms with E-state index in [0.29, 0.717) is 17.9 Å². The number of ketones is 1. The molecular weight excluding hydrogens is 294 g/mol. The molecule has 18 heavy (non-hydrogen) atoms. The van der Waals surface area contributed by atoms with E-state index in [4.69, 9.17) is 4.74 Å². The minimum atomic E-state index is 0.0347. The number of likely N-dealkylation sites (tertiary alicyclic amines) is 1. The molecule has 0 radical (unpaired) electrons. The normalized spacial score (nSPS) is 15.9. The lowest BCUT2D eigenvalue weighted by molar-refractivity contribution is 0.101. The van der Waals surface area contributed by atoms with Crippen molar-refractivity contribution in [1.29, 1.82) is 0 Å². The smallest absolute Gasteiger partial charge is 0.163 e. The van der Waals surface area contributed by atoms with Gasteiger partial charge in [0.05, 0.1) is 5.56 Å². The molecule has 1 aromatic rings. The zero-order chi connectivity index (χ0) is 13.0. The van der Waals surface area contributed by atoms with Gasteiger partial charge in [0.1, 0.15) is 12.4 Å². The quantitative estimate of drug-likeness (QED) is 0.782. The molecule has 1 saturated heterocycles. The minimum Gasteiger partial charge on any atom is -0.491 e. The van der Waals surface area contributed by atoms with Crippen LogP contribution in [0.1, 0.15) is 30.1 Å². The van der Waals surface area contributed by atoms with Gasteiger partial charge in [-0.05, 0) is 51.1 Å². The van der Waals surface area contributed by atoms with E-state index in [1.54, 1.807) is 6.92 Å². The largest absolute Gasteiger partial charge is 0.491 e. The predicted octanol–water partition coefficient (Wildman–Crippen LogP) is 3.13. The Morgan fingerprint density at radius 3 is 2.78 bits per heavy atom. The Morgan fingerprint density at radius 2 is 2.11 bits per heavy atom. The van der Waals surface area contributed by atoms with Crippen molar-refractivity contribution in [2.75, 3.05) is 26.2 Å². The standard InChI is InChI=1S/C14H18BrNO2/c1-11(17)13-10-12(15)4-5-14(13)18-9-8-16-6-2-3-7-16/h4-5,10H,2-3,6-9H2,1H3. The maximum Gasteiger partial charge on any atom is 0.163 e. The first kappa shape index (κ1) is 13.6. The summed E-state index contributed by atoms with van der Waals surface area (Å²) in [7, 11) is 0. The highest BCUT2D eigenvalue weighted by Gasteiger charge is 2.12. The molecule has 1 heterocycles. The summed E-state index contributed by atoms with van der Waals surface area (Å²) in [6, 6.07) is 5.57. The van der Waals surface area contributed by atoms with Gasteiger partial charge in [-0.15, -0.1) is 0 Å². The summed E-state index contributed by atoms with van der Waals surface area (Å²) in [5.74, 6) is 0.720. The highest BCUT2D eigenvalue weighted by atomic mass is 79.9. The van der Waals surface area contributed by atoms with E-state index >= 15 is 0 Å². The fourth-order valence-corrected chi connectivity index (χ4v) is 2.56. The van der Waals surface area contributed by atoms with Gasteiger partial charge < -0.3 is 4.74 Å². The molecule has 0 aliphatic carbocycles. The van der Waals surface area contributed by atoms with Crippen LogP contribution in [0.4, 0.5) is 0 Å². The molecule has 1 aliphatic heterocycles. The highest BCUT2D eigenvalue weighted by Crippen LogP contribution is 2.23. The van der Waals surface area contributed by atoms with Crippen LogP contribution in [0, 0.1) is 0 Å². The monoisotopic (exact) mass is 311 g/mol. The van der Waals surface area contributed by atoms with Gasteiger partial charge in [0.2, 0.25) is 0 Å². The molecule has 0 saturated carbocycles. The summed E-state index contributed by atoms with van der Waals surface area (Å²) in [6.07, 6.45) is 2.58. The van der Waals surface area contributed by atoms with E-state index in [1.807, 2.05) is 18.2 Å². The Labute approximate surface area is 116 Å². The predicted molar refractivity (Wildman–Crippen MR) is 75.3 cm³/mol. The maximum atomic E-state index is 11.5. The lowest BCUT2D eigenvalue weighted by atomic mass is 10.1. The van der Waals surface area contributed by atoms with Crippen LogP contribution < -0.4 is 4.74 Å². The van der Waals surface area contributed by atoms with Gasteiger partial charge in [0.15, 0.2) is 5.78 Å². The number of hydrogen-bond acceptors (Lipinski definition) is 3. The molecule has 0 spiro atoms. The molecule has 4 heteroatoms. The molecule has 0 amide bonds. The highest BCUT2D eigenvalue weighted by molar-refractivity contribution is 9.10. The van der Waals surface area contributed by atoms with Crippen molar-refractivity contribution in [2.24, 2.45) is 0 Å². The van der Waals surface area contributed by atoms with Crippen LogP contribution in [0.25, 0.3) is 0 Å². The molecule has 2 rings (SSSR count). The van der Waals surface area contributed by atoms with Crippen LogP contribution in [0.3, 0.4) is 0 Å². The molecule has 1 fully saturated rings. The van der Waals surface area contributed by atoms with Crippen LogP contribution in [-0.2, 0) is 0 Å². The number of rotatable bonds is 5. The van der Waals surface area contributed by atoms with E-state index in [-0.39, 0.29) is 5.78 Å². The van der Waals surface area contributed by atoms with Gasteiger partial charge in [-0.1, -0.05) is 15.9 Å². The van der Waals surface area contributed by atoms with E-state index in [9.17, 15) is 4.79 Å². The Kier molecular flexibility index (Phi) is 4.78. The number of hydrogen-bond donors (Lipinski definition) is 0. The lowest BCUT2D eigenvalue weighted by Crippen LogP contribution is -2.25. The van der Waals surface area contributed by atoms with Crippen LogP contribution in [0.15, 0.2) is 22.7 Å². The molecule has 0 N–H and O–H groups in total. The second kappa shape index (κ2) is 6.34. The Morgan fingerprint density at radius 1 is 1.39 bits per heavy atom. The molecule has 1 aromatic carbocycles. The maximum absolute atomic E-state index is 11.5. The fraction of sp³-hybridized carbons (Fsp3) is 0.500. The van der Waals surface area contributed by atoms with E-state index in [0.717, 1.165) is 11.0 Å². The topological polar surface area (TPSA) is 29.5 Å².